The Kier molecular flexibility index (Phi) is 4.12. The smallest absolute Gasteiger partial charge is 0.245 e. The van der Waals surface area contributed by atoms with Gasteiger partial charge in [-0.25, -0.2) is 0 Å². The van der Waals surface area contributed by atoms with Gasteiger partial charge in [-0.15, -0.1) is 0 Å². The van der Waals surface area contributed by atoms with E-state index in [1.165, 1.54) is 0 Å². The second kappa shape index (κ2) is 6.37. The summed E-state index contributed by atoms with van der Waals surface area (Å²) in [5.74, 6) is 1.21. The van der Waals surface area contributed by atoms with E-state index < -0.39 is 0 Å². The summed E-state index contributed by atoms with van der Waals surface area (Å²) in [5.41, 5.74) is 2.05. The van der Waals surface area contributed by atoms with E-state index in [1.54, 1.807) is 12.4 Å². The van der Waals surface area contributed by atoms with Crippen LogP contribution in [0.5, 0.6) is 0 Å². The highest BCUT2D eigenvalue weighted by molar-refractivity contribution is 6.30. The van der Waals surface area contributed by atoms with Crippen molar-refractivity contribution in [2.45, 2.75) is 13.0 Å². The number of hydrogen-bond donors (Lipinski definition) is 1. The van der Waals surface area contributed by atoms with Crippen molar-refractivity contribution in [2.24, 2.45) is 0 Å². The summed E-state index contributed by atoms with van der Waals surface area (Å²) in [7, 11) is 0. The topological polar surface area (TPSA) is 63.8 Å². The highest BCUT2D eigenvalue weighted by Gasteiger charge is 2.07. The number of aromatic nitrogens is 3. The van der Waals surface area contributed by atoms with Gasteiger partial charge in [0.2, 0.25) is 5.89 Å². The Labute approximate surface area is 127 Å². The molecule has 0 aliphatic heterocycles. The third-order valence-corrected chi connectivity index (χ3v) is 3.16. The molecule has 0 unspecified atom stereocenters. The molecular weight excluding hydrogens is 288 g/mol. The van der Waals surface area contributed by atoms with E-state index in [-0.39, 0.29) is 0 Å². The van der Waals surface area contributed by atoms with E-state index in [4.69, 9.17) is 16.1 Å². The molecule has 0 aliphatic rings. The van der Waals surface area contributed by atoms with E-state index in [0.717, 1.165) is 11.3 Å². The zero-order chi connectivity index (χ0) is 14.5. The van der Waals surface area contributed by atoms with Crippen molar-refractivity contribution in [3.63, 3.8) is 0 Å². The minimum Gasteiger partial charge on any atom is -0.376 e. The lowest BCUT2D eigenvalue weighted by molar-refractivity contribution is 0.378. The maximum atomic E-state index is 5.84. The summed E-state index contributed by atoms with van der Waals surface area (Å²) in [5, 5.41) is 7.88. The molecule has 0 bridgehead atoms. The van der Waals surface area contributed by atoms with Crippen LogP contribution < -0.4 is 5.32 Å². The monoisotopic (exact) mass is 300 g/mol. The minimum atomic E-state index is 0.477. The minimum absolute atomic E-state index is 0.477. The zero-order valence-corrected chi connectivity index (χ0v) is 11.9. The average molecular weight is 301 g/mol. The van der Waals surface area contributed by atoms with Crippen molar-refractivity contribution < 1.29 is 4.52 Å². The number of hydrogen-bond acceptors (Lipinski definition) is 5. The van der Waals surface area contributed by atoms with Crippen LogP contribution in [-0.2, 0) is 13.0 Å². The number of pyridine rings is 1. The molecular formula is C15H13ClN4O. The first-order valence-electron chi connectivity index (χ1n) is 6.49. The average Bonchev–Trinajstić information content (AvgIpc) is 2.95. The predicted octanol–water partition coefficient (Wildman–Crippen LogP) is 3.32. The van der Waals surface area contributed by atoms with E-state index in [2.05, 4.69) is 20.4 Å². The van der Waals surface area contributed by atoms with Crippen molar-refractivity contribution >= 4 is 17.3 Å². The third kappa shape index (κ3) is 3.79. The summed E-state index contributed by atoms with van der Waals surface area (Å²) in [6.07, 6.45) is 4.13. The van der Waals surface area contributed by atoms with Crippen molar-refractivity contribution in [3.8, 4) is 0 Å². The molecule has 0 radical (unpaired) electrons. The van der Waals surface area contributed by atoms with Gasteiger partial charge >= 0.3 is 0 Å². The Morgan fingerprint density at radius 2 is 1.81 bits per heavy atom. The Hall–Kier alpha value is -2.40. The molecule has 1 N–H and O–H groups in total. The standard InChI is InChI=1S/C15H13ClN4O/c16-12-1-3-13(4-2-12)18-10-15-19-14(20-21-15)9-11-5-7-17-8-6-11/h1-8,18H,9-10H2. The van der Waals surface area contributed by atoms with Crippen LogP contribution in [0.15, 0.2) is 53.3 Å². The van der Waals surface area contributed by atoms with E-state index in [0.29, 0.717) is 29.7 Å². The molecule has 3 aromatic rings. The summed E-state index contributed by atoms with van der Waals surface area (Å²) in [6, 6.07) is 11.3. The zero-order valence-electron chi connectivity index (χ0n) is 11.2. The molecule has 0 aliphatic carbocycles. The third-order valence-electron chi connectivity index (χ3n) is 2.91. The summed E-state index contributed by atoms with van der Waals surface area (Å²) in [6.45, 7) is 0.477. The Balaban J connectivity index is 1.59. The first-order chi connectivity index (χ1) is 10.3. The lowest BCUT2D eigenvalue weighted by Crippen LogP contribution is -1.99. The Morgan fingerprint density at radius 3 is 2.57 bits per heavy atom. The van der Waals surface area contributed by atoms with Gasteiger partial charge in [0.25, 0.3) is 0 Å². The Bertz CT molecular complexity index is 697. The molecule has 1 aromatic carbocycles. The van der Waals surface area contributed by atoms with Gasteiger partial charge in [-0.1, -0.05) is 16.8 Å². The van der Waals surface area contributed by atoms with Crippen LogP contribution in [0.4, 0.5) is 5.69 Å². The first kappa shape index (κ1) is 13.6. The summed E-state index contributed by atoms with van der Waals surface area (Å²) in [4.78, 5) is 8.33. The lowest BCUT2D eigenvalue weighted by atomic mass is 10.2. The normalized spacial score (nSPS) is 10.5. The van der Waals surface area contributed by atoms with Crippen molar-refractivity contribution in [3.05, 3.63) is 71.1 Å². The molecule has 0 saturated heterocycles. The molecule has 0 amide bonds. The quantitative estimate of drug-likeness (QED) is 0.783. The fourth-order valence-electron chi connectivity index (χ4n) is 1.86. The first-order valence-corrected chi connectivity index (χ1v) is 6.87. The molecule has 3 rings (SSSR count). The van der Waals surface area contributed by atoms with Crippen LogP contribution in [0, 0.1) is 0 Å². The highest BCUT2D eigenvalue weighted by atomic mass is 35.5. The maximum Gasteiger partial charge on any atom is 0.245 e. The van der Waals surface area contributed by atoms with Crippen molar-refractivity contribution in [1.29, 1.82) is 0 Å². The number of anilines is 1. The highest BCUT2D eigenvalue weighted by Crippen LogP contribution is 2.14. The molecule has 2 aromatic heterocycles. The van der Waals surface area contributed by atoms with Crippen LogP contribution in [0.25, 0.3) is 0 Å². The van der Waals surface area contributed by atoms with Gasteiger partial charge in [0.05, 0.1) is 6.54 Å². The molecule has 106 valence electrons. The van der Waals surface area contributed by atoms with Gasteiger partial charge in [0.1, 0.15) is 0 Å². The maximum absolute atomic E-state index is 5.84. The Morgan fingerprint density at radius 1 is 1.05 bits per heavy atom. The van der Waals surface area contributed by atoms with Crippen molar-refractivity contribution in [1.82, 2.24) is 15.1 Å². The molecule has 0 saturated carbocycles. The van der Waals surface area contributed by atoms with Crippen LogP contribution >= 0.6 is 11.6 Å². The largest absolute Gasteiger partial charge is 0.376 e. The number of nitrogens with one attached hydrogen (secondary N) is 1. The second-order valence-corrected chi connectivity index (χ2v) is 4.93. The fourth-order valence-corrected chi connectivity index (χ4v) is 1.99. The summed E-state index contributed by atoms with van der Waals surface area (Å²) < 4.78 is 5.22. The van der Waals surface area contributed by atoms with Crippen LogP contribution in [-0.4, -0.2) is 15.1 Å². The molecule has 5 nitrogen and oxygen atoms in total. The van der Waals surface area contributed by atoms with Gasteiger partial charge in [-0.05, 0) is 42.0 Å². The number of halogens is 1. The van der Waals surface area contributed by atoms with Gasteiger partial charge < -0.3 is 9.84 Å². The van der Waals surface area contributed by atoms with Crippen LogP contribution in [0.1, 0.15) is 17.3 Å². The summed E-state index contributed by atoms with van der Waals surface area (Å²) >= 11 is 5.84. The molecule has 0 atom stereocenters. The SMILES string of the molecule is Clc1ccc(NCc2nc(Cc3ccncc3)no2)cc1. The number of benzene rings is 1. The number of nitrogens with zero attached hydrogens (tertiary/aromatic N) is 3. The van der Waals surface area contributed by atoms with E-state index >= 15 is 0 Å². The number of rotatable bonds is 5. The molecule has 6 heteroatoms. The van der Waals surface area contributed by atoms with Crippen molar-refractivity contribution in [2.75, 3.05) is 5.32 Å². The van der Waals surface area contributed by atoms with Crippen LogP contribution in [0.2, 0.25) is 5.02 Å². The van der Waals surface area contributed by atoms with Gasteiger partial charge in [0.15, 0.2) is 5.82 Å². The fraction of sp³-hybridized carbons (Fsp3) is 0.133. The molecule has 0 fully saturated rings. The van der Waals surface area contributed by atoms with E-state index in [9.17, 15) is 0 Å². The predicted molar refractivity (Wildman–Crippen MR) is 80.1 cm³/mol. The second-order valence-electron chi connectivity index (χ2n) is 4.50. The molecule has 0 spiro atoms. The van der Waals surface area contributed by atoms with E-state index in [1.807, 2.05) is 36.4 Å². The van der Waals surface area contributed by atoms with Gasteiger partial charge in [-0.3, -0.25) is 4.98 Å². The van der Waals surface area contributed by atoms with Crippen LogP contribution in [0.3, 0.4) is 0 Å². The molecule has 21 heavy (non-hydrogen) atoms. The lowest BCUT2D eigenvalue weighted by Gasteiger charge is -2.02. The molecule has 2 heterocycles. The van der Waals surface area contributed by atoms with Gasteiger partial charge in [0, 0.05) is 29.5 Å². The van der Waals surface area contributed by atoms with Gasteiger partial charge in [-0.2, -0.15) is 4.98 Å².